The number of hydrogen-bond acceptors (Lipinski definition) is 4. The lowest BCUT2D eigenvalue weighted by molar-refractivity contribution is -0.135. The predicted octanol–water partition coefficient (Wildman–Crippen LogP) is 0.545. The van der Waals surface area contributed by atoms with E-state index in [0.717, 1.165) is 11.4 Å². The number of anilines is 1. The molecule has 3 N–H and O–H groups in total. The third-order valence-electron chi connectivity index (χ3n) is 2.16. The van der Waals surface area contributed by atoms with Crippen molar-refractivity contribution in [3.05, 3.63) is 24.3 Å². The Morgan fingerprint density at radius 3 is 2.50 bits per heavy atom. The lowest BCUT2D eigenvalue weighted by Gasteiger charge is -2.22. The second-order valence-corrected chi connectivity index (χ2v) is 3.30. The number of rotatable bonds is 6. The third kappa shape index (κ3) is 3.43. The molecule has 88 valence electrons. The lowest BCUT2D eigenvalue weighted by atomic mass is 10.2. The first kappa shape index (κ1) is 12.3. The number of carboxylic acid groups (broad SMARTS) is 1. The van der Waals surface area contributed by atoms with Crippen LogP contribution in [-0.2, 0) is 4.79 Å². The number of carboxylic acids is 1. The molecule has 0 aromatic heterocycles. The van der Waals surface area contributed by atoms with Crippen molar-refractivity contribution in [1.29, 1.82) is 0 Å². The molecule has 1 rings (SSSR count). The van der Waals surface area contributed by atoms with Crippen molar-refractivity contribution >= 4 is 11.7 Å². The molecule has 0 atom stereocenters. The molecule has 0 bridgehead atoms. The van der Waals surface area contributed by atoms with E-state index in [4.69, 9.17) is 15.6 Å². The Balaban J connectivity index is 2.79. The van der Waals surface area contributed by atoms with Gasteiger partial charge in [-0.15, -0.1) is 0 Å². The average molecular weight is 224 g/mol. The number of aliphatic carboxylic acids is 1. The number of nitrogens with two attached hydrogens (primary N) is 1. The van der Waals surface area contributed by atoms with E-state index in [1.165, 1.54) is 0 Å². The standard InChI is InChI=1S/C11H16N2O3/c1-16-10-4-2-9(3-5-10)13(7-6-12)8-11(14)15/h2-5H,6-8,12H2,1H3,(H,14,15). The lowest BCUT2D eigenvalue weighted by Crippen LogP contribution is -2.34. The molecule has 0 amide bonds. The minimum Gasteiger partial charge on any atom is -0.497 e. The van der Waals surface area contributed by atoms with E-state index in [-0.39, 0.29) is 6.54 Å². The summed E-state index contributed by atoms with van der Waals surface area (Å²) in [6.45, 7) is 0.876. The number of hydrogen-bond donors (Lipinski definition) is 2. The fourth-order valence-electron chi connectivity index (χ4n) is 1.41. The summed E-state index contributed by atoms with van der Waals surface area (Å²) in [6, 6.07) is 7.22. The second-order valence-electron chi connectivity index (χ2n) is 3.30. The molecule has 1 aromatic rings. The number of carbonyl (C=O) groups is 1. The van der Waals surface area contributed by atoms with Crippen LogP contribution in [0.15, 0.2) is 24.3 Å². The summed E-state index contributed by atoms with van der Waals surface area (Å²) in [5, 5.41) is 8.77. The minimum atomic E-state index is -0.871. The fraction of sp³-hybridized carbons (Fsp3) is 0.364. The predicted molar refractivity (Wildman–Crippen MR) is 61.9 cm³/mol. The molecular formula is C11H16N2O3. The Morgan fingerprint density at radius 2 is 2.06 bits per heavy atom. The van der Waals surface area contributed by atoms with Crippen LogP contribution >= 0.6 is 0 Å². The van der Waals surface area contributed by atoms with E-state index in [9.17, 15) is 4.79 Å². The summed E-state index contributed by atoms with van der Waals surface area (Å²) in [6.07, 6.45) is 0. The first-order valence-electron chi connectivity index (χ1n) is 4.98. The van der Waals surface area contributed by atoms with E-state index in [0.29, 0.717) is 13.1 Å². The zero-order chi connectivity index (χ0) is 12.0. The smallest absolute Gasteiger partial charge is 0.323 e. The quantitative estimate of drug-likeness (QED) is 0.737. The van der Waals surface area contributed by atoms with Crippen molar-refractivity contribution in [3.8, 4) is 5.75 Å². The van der Waals surface area contributed by atoms with Gasteiger partial charge in [-0.25, -0.2) is 0 Å². The zero-order valence-corrected chi connectivity index (χ0v) is 9.22. The van der Waals surface area contributed by atoms with Crippen LogP contribution in [0.3, 0.4) is 0 Å². The van der Waals surface area contributed by atoms with Crippen molar-refractivity contribution in [1.82, 2.24) is 0 Å². The molecule has 0 radical (unpaired) electrons. The first-order chi connectivity index (χ1) is 7.67. The molecular weight excluding hydrogens is 208 g/mol. The maximum atomic E-state index is 10.7. The van der Waals surface area contributed by atoms with Gasteiger partial charge < -0.3 is 20.5 Å². The first-order valence-corrected chi connectivity index (χ1v) is 4.98. The van der Waals surface area contributed by atoms with E-state index in [1.54, 1.807) is 24.1 Å². The maximum Gasteiger partial charge on any atom is 0.323 e. The molecule has 0 heterocycles. The van der Waals surface area contributed by atoms with Crippen LogP contribution in [0.5, 0.6) is 5.75 Å². The van der Waals surface area contributed by atoms with Gasteiger partial charge in [0.1, 0.15) is 12.3 Å². The van der Waals surface area contributed by atoms with Gasteiger partial charge in [0.25, 0.3) is 0 Å². The van der Waals surface area contributed by atoms with Crippen LogP contribution in [0.4, 0.5) is 5.69 Å². The Morgan fingerprint density at radius 1 is 1.44 bits per heavy atom. The van der Waals surface area contributed by atoms with E-state index < -0.39 is 5.97 Å². The van der Waals surface area contributed by atoms with Gasteiger partial charge in [0.15, 0.2) is 0 Å². The summed E-state index contributed by atoms with van der Waals surface area (Å²) in [5.74, 6) is -0.129. The van der Waals surface area contributed by atoms with Gasteiger partial charge in [-0.05, 0) is 24.3 Å². The van der Waals surface area contributed by atoms with Gasteiger partial charge in [-0.1, -0.05) is 0 Å². The monoisotopic (exact) mass is 224 g/mol. The summed E-state index contributed by atoms with van der Waals surface area (Å²) in [5.41, 5.74) is 6.27. The summed E-state index contributed by atoms with van der Waals surface area (Å²) in [7, 11) is 1.59. The van der Waals surface area contributed by atoms with E-state index in [2.05, 4.69) is 0 Å². The maximum absolute atomic E-state index is 10.7. The highest BCUT2D eigenvalue weighted by molar-refractivity contribution is 5.73. The SMILES string of the molecule is COc1ccc(N(CCN)CC(=O)O)cc1. The van der Waals surface area contributed by atoms with Crippen LogP contribution in [0.2, 0.25) is 0 Å². The minimum absolute atomic E-state index is 0.0521. The Kier molecular flexibility index (Phi) is 4.60. The second kappa shape index (κ2) is 5.97. The van der Waals surface area contributed by atoms with E-state index >= 15 is 0 Å². The molecule has 0 aliphatic carbocycles. The Hall–Kier alpha value is -1.75. The van der Waals surface area contributed by atoms with Crippen molar-refractivity contribution in [3.63, 3.8) is 0 Å². The number of ether oxygens (including phenoxy) is 1. The highest BCUT2D eigenvalue weighted by Crippen LogP contribution is 2.18. The molecule has 0 saturated heterocycles. The summed E-state index contributed by atoms with van der Waals surface area (Å²) >= 11 is 0. The molecule has 5 heteroatoms. The third-order valence-corrected chi connectivity index (χ3v) is 2.16. The van der Waals surface area contributed by atoms with Crippen LogP contribution in [0.1, 0.15) is 0 Å². The van der Waals surface area contributed by atoms with Gasteiger partial charge in [0.05, 0.1) is 7.11 Å². The zero-order valence-electron chi connectivity index (χ0n) is 9.22. The van der Waals surface area contributed by atoms with Gasteiger partial charge in [0, 0.05) is 18.8 Å². The summed E-state index contributed by atoms with van der Waals surface area (Å²) < 4.78 is 5.03. The van der Waals surface area contributed by atoms with Gasteiger partial charge >= 0.3 is 5.97 Å². The molecule has 0 fully saturated rings. The van der Waals surface area contributed by atoms with E-state index in [1.807, 2.05) is 12.1 Å². The Bertz CT molecular complexity index is 338. The average Bonchev–Trinajstić information content (AvgIpc) is 2.28. The molecule has 1 aromatic carbocycles. The van der Waals surface area contributed by atoms with Crippen LogP contribution < -0.4 is 15.4 Å². The molecule has 0 spiro atoms. The molecule has 16 heavy (non-hydrogen) atoms. The molecule has 0 saturated carbocycles. The van der Waals surface area contributed by atoms with Crippen molar-refractivity contribution in [2.75, 3.05) is 31.6 Å². The van der Waals surface area contributed by atoms with Crippen LogP contribution in [0, 0.1) is 0 Å². The van der Waals surface area contributed by atoms with Gasteiger partial charge in [-0.2, -0.15) is 0 Å². The molecule has 0 unspecified atom stereocenters. The van der Waals surface area contributed by atoms with Crippen molar-refractivity contribution in [2.45, 2.75) is 0 Å². The normalized spacial score (nSPS) is 9.88. The highest BCUT2D eigenvalue weighted by Gasteiger charge is 2.09. The van der Waals surface area contributed by atoms with Crippen LogP contribution in [-0.4, -0.2) is 37.8 Å². The number of methoxy groups -OCH3 is 1. The van der Waals surface area contributed by atoms with Gasteiger partial charge in [0.2, 0.25) is 0 Å². The number of benzene rings is 1. The van der Waals surface area contributed by atoms with Crippen LogP contribution in [0.25, 0.3) is 0 Å². The fourth-order valence-corrected chi connectivity index (χ4v) is 1.41. The summed E-state index contributed by atoms with van der Waals surface area (Å²) in [4.78, 5) is 12.4. The molecule has 0 aliphatic heterocycles. The molecule has 0 aliphatic rings. The number of nitrogens with zero attached hydrogens (tertiary/aromatic N) is 1. The van der Waals surface area contributed by atoms with Crippen molar-refractivity contribution < 1.29 is 14.6 Å². The van der Waals surface area contributed by atoms with Crippen molar-refractivity contribution in [2.24, 2.45) is 5.73 Å². The molecule has 5 nitrogen and oxygen atoms in total. The highest BCUT2D eigenvalue weighted by atomic mass is 16.5. The van der Waals surface area contributed by atoms with Gasteiger partial charge in [-0.3, -0.25) is 4.79 Å². The largest absolute Gasteiger partial charge is 0.497 e. The topological polar surface area (TPSA) is 75.8 Å². The Labute approximate surface area is 94.4 Å².